The second kappa shape index (κ2) is 7.68. The molecule has 1 unspecified atom stereocenters. The molecule has 0 aliphatic carbocycles. The van der Waals surface area contributed by atoms with Gasteiger partial charge in [-0.15, -0.1) is 0 Å². The van der Waals surface area contributed by atoms with Crippen LogP contribution in [0.2, 0.25) is 0 Å². The van der Waals surface area contributed by atoms with Crippen LogP contribution in [-0.4, -0.2) is 37.1 Å². The van der Waals surface area contributed by atoms with Gasteiger partial charge in [-0.05, 0) is 36.1 Å². The lowest BCUT2D eigenvalue weighted by Gasteiger charge is -2.27. The zero-order valence-corrected chi connectivity index (χ0v) is 15.1. The highest BCUT2D eigenvalue weighted by atomic mass is 16.5. The van der Waals surface area contributed by atoms with E-state index < -0.39 is 0 Å². The quantitative estimate of drug-likeness (QED) is 0.814. The first kappa shape index (κ1) is 18.1. The maximum Gasteiger partial charge on any atom is 0.305 e. The van der Waals surface area contributed by atoms with Crippen LogP contribution >= 0.6 is 0 Å². The molecule has 7 heteroatoms. The van der Waals surface area contributed by atoms with Gasteiger partial charge in [-0.1, -0.05) is 13.0 Å². The maximum absolute atomic E-state index is 11.8. The van der Waals surface area contributed by atoms with Gasteiger partial charge in [0.2, 0.25) is 11.8 Å². The van der Waals surface area contributed by atoms with Crippen molar-refractivity contribution in [2.45, 2.75) is 39.0 Å². The minimum absolute atomic E-state index is 0.105. The zero-order chi connectivity index (χ0) is 18.7. The van der Waals surface area contributed by atoms with Crippen molar-refractivity contribution in [1.29, 1.82) is 0 Å². The number of hydrogen-bond acceptors (Lipinski definition) is 5. The molecule has 1 N–H and O–H groups in total. The van der Waals surface area contributed by atoms with Crippen LogP contribution in [0, 0.1) is 5.92 Å². The Morgan fingerprint density at radius 2 is 2.15 bits per heavy atom. The molecule has 0 aromatic heterocycles. The van der Waals surface area contributed by atoms with E-state index in [0.717, 1.165) is 23.2 Å². The zero-order valence-electron chi connectivity index (χ0n) is 15.1. The number of fused-ring (bicyclic) bond motifs is 1. The Bertz CT molecular complexity index is 772. The average molecular weight is 357 g/mol. The van der Waals surface area contributed by atoms with Gasteiger partial charge in [0.15, 0.2) is 0 Å². The normalized spacial score (nSPS) is 19.5. The summed E-state index contributed by atoms with van der Waals surface area (Å²) in [5.74, 6) is -0.615. The van der Waals surface area contributed by atoms with Gasteiger partial charge in [0.05, 0.1) is 5.71 Å². The van der Waals surface area contributed by atoms with E-state index in [1.165, 1.54) is 0 Å². The van der Waals surface area contributed by atoms with E-state index in [0.29, 0.717) is 25.0 Å². The number of nitrogens with zero attached hydrogens (tertiary/aromatic N) is 2. The maximum atomic E-state index is 11.8. The first-order valence-corrected chi connectivity index (χ1v) is 8.91. The number of aryl methyl sites for hydroxylation is 1. The van der Waals surface area contributed by atoms with Crippen LogP contribution in [0.25, 0.3) is 0 Å². The van der Waals surface area contributed by atoms with Gasteiger partial charge in [0.25, 0.3) is 0 Å². The molecule has 7 nitrogen and oxygen atoms in total. The molecule has 0 saturated carbocycles. The monoisotopic (exact) mass is 357 g/mol. The number of hydrogen-bond donors (Lipinski definition) is 1. The molecular weight excluding hydrogens is 334 g/mol. The predicted octanol–water partition coefficient (Wildman–Crippen LogP) is 1.78. The number of ether oxygens (including phenoxy) is 1. The summed E-state index contributed by atoms with van der Waals surface area (Å²) in [6.45, 7) is 2.05. The van der Waals surface area contributed by atoms with Crippen molar-refractivity contribution in [3.05, 3.63) is 29.3 Å². The van der Waals surface area contributed by atoms with Crippen molar-refractivity contribution >= 4 is 29.2 Å². The van der Waals surface area contributed by atoms with Crippen molar-refractivity contribution < 1.29 is 19.1 Å². The van der Waals surface area contributed by atoms with E-state index in [9.17, 15) is 14.4 Å². The number of rotatable bonds is 5. The lowest BCUT2D eigenvalue weighted by atomic mass is 9.90. The van der Waals surface area contributed by atoms with Crippen LogP contribution in [0.3, 0.4) is 0 Å². The second-order valence-electron chi connectivity index (χ2n) is 6.66. The Kier molecular flexibility index (Phi) is 5.35. The van der Waals surface area contributed by atoms with Gasteiger partial charge in [-0.3, -0.25) is 14.4 Å². The Morgan fingerprint density at radius 1 is 1.35 bits per heavy atom. The number of anilines is 1. The molecular formula is C19H23N3O4. The van der Waals surface area contributed by atoms with Gasteiger partial charge >= 0.3 is 5.97 Å². The molecule has 0 saturated heterocycles. The fourth-order valence-corrected chi connectivity index (χ4v) is 3.30. The van der Waals surface area contributed by atoms with Crippen molar-refractivity contribution in [1.82, 2.24) is 5.43 Å². The average Bonchev–Trinajstić information content (AvgIpc) is 2.63. The molecule has 2 aliphatic rings. The molecule has 0 fully saturated rings. The molecule has 0 bridgehead atoms. The Balaban J connectivity index is 1.82. The van der Waals surface area contributed by atoms with Crippen LogP contribution in [0.15, 0.2) is 23.3 Å². The number of amides is 2. The SMILES string of the molecule is CCCC(=O)OCC1CC(=O)NN=C1c1ccc2c(c1)CCC(=O)N2C. The Labute approximate surface area is 152 Å². The number of esters is 1. The van der Waals surface area contributed by atoms with E-state index in [4.69, 9.17) is 4.74 Å². The van der Waals surface area contributed by atoms with E-state index in [2.05, 4.69) is 10.5 Å². The molecule has 1 aromatic rings. The van der Waals surface area contributed by atoms with Gasteiger partial charge in [-0.2, -0.15) is 5.10 Å². The highest BCUT2D eigenvalue weighted by Gasteiger charge is 2.28. The summed E-state index contributed by atoms with van der Waals surface area (Å²) in [4.78, 5) is 36.9. The number of carbonyl (C=O) groups is 3. The number of benzene rings is 1. The van der Waals surface area contributed by atoms with Crippen LogP contribution < -0.4 is 10.3 Å². The number of hydrazone groups is 1. The first-order chi connectivity index (χ1) is 12.5. The van der Waals surface area contributed by atoms with Crippen LogP contribution in [0.5, 0.6) is 0 Å². The molecule has 0 spiro atoms. The lowest BCUT2D eigenvalue weighted by molar-refractivity contribution is -0.145. The van der Waals surface area contributed by atoms with Gasteiger partial charge in [-0.25, -0.2) is 5.43 Å². The standard InChI is InChI=1S/C19H23N3O4/c1-3-4-18(25)26-11-14-10-16(23)20-21-19(14)13-5-7-15-12(9-13)6-8-17(24)22(15)2/h5,7,9,14H,3-4,6,8,10-11H2,1-2H3,(H,20,23). The van der Waals surface area contributed by atoms with Crippen LogP contribution in [0.4, 0.5) is 5.69 Å². The summed E-state index contributed by atoms with van der Waals surface area (Å²) in [6.07, 6.45) is 2.48. The fraction of sp³-hybridized carbons (Fsp3) is 0.474. The van der Waals surface area contributed by atoms with Gasteiger partial charge < -0.3 is 9.64 Å². The minimum Gasteiger partial charge on any atom is -0.465 e. The third-order valence-electron chi connectivity index (χ3n) is 4.74. The lowest BCUT2D eigenvalue weighted by Crippen LogP contribution is -2.36. The van der Waals surface area contributed by atoms with Gasteiger partial charge in [0.1, 0.15) is 6.61 Å². The summed E-state index contributed by atoms with van der Waals surface area (Å²) < 4.78 is 5.31. The molecule has 2 heterocycles. The Hall–Kier alpha value is -2.70. The third kappa shape index (κ3) is 3.76. The smallest absolute Gasteiger partial charge is 0.305 e. The summed E-state index contributed by atoms with van der Waals surface area (Å²) >= 11 is 0. The largest absolute Gasteiger partial charge is 0.465 e. The molecule has 2 aliphatic heterocycles. The van der Waals surface area contributed by atoms with E-state index in [-0.39, 0.29) is 36.7 Å². The summed E-state index contributed by atoms with van der Waals surface area (Å²) in [5.41, 5.74) is 6.07. The summed E-state index contributed by atoms with van der Waals surface area (Å²) in [5, 5.41) is 4.21. The number of carbonyl (C=O) groups excluding carboxylic acids is 3. The van der Waals surface area contributed by atoms with Gasteiger partial charge in [0, 0.05) is 37.9 Å². The van der Waals surface area contributed by atoms with E-state index >= 15 is 0 Å². The van der Waals surface area contributed by atoms with Crippen molar-refractivity contribution in [3.8, 4) is 0 Å². The summed E-state index contributed by atoms with van der Waals surface area (Å²) in [7, 11) is 1.77. The Morgan fingerprint density at radius 3 is 2.92 bits per heavy atom. The molecule has 1 atom stereocenters. The van der Waals surface area contributed by atoms with Crippen molar-refractivity contribution in [2.75, 3.05) is 18.6 Å². The second-order valence-corrected chi connectivity index (χ2v) is 6.66. The van der Waals surface area contributed by atoms with E-state index in [1.54, 1.807) is 11.9 Å². The molecule has 0 radical (unpaired) electrons. The molecule has 1 aromatic carbocycles. The van der Waals surface area contributed by atoms with Crippen LogP contribution in [0.1, 0.15) is 43.7 Å². The summed E-state index contributed by atoms with van der Waals surface area (Å²) in [6, 6.07) is 5.81. The molecule has 138 valence electrons. The van der Waals surface area contributed by atoms with E-state index in [1.807, 2.05) is 25.1 Å². The third-order valence-corrected chi connectivity index (χ3v) is 4.74. The molecule has 2 amide bonds. The fourth-order valence-electron chi connectivity index (χ4n) is 3.30. The van der Waals surface area contributed by atoms with Crippen molar-refractivity contribution in [3.63, 3.8) is 0 Å². The first-order valence-electron chi connectivity index (χ1n) is 8.91. The molecule has 3 rings (SSSR count). The van der Waals surface area contributed by atoms with Crippen LogP contribution in [-0.2, 0) is 25.5 Å². The highest BCUT2D eigenvalue weighted by molar-refractivity contribution is 6.07. The molecule has 26 heavy (non-hydrogen) atoms. The topological polar surface area (TPSA) is 88.1 Å². The number of nitrogens with one attached hydrogen (secondary N) is 1. The minimum atomic E-state index is -0.273. The highest BCUT2D eigenvalue weighted by Crippen LogP contribution is 2.29. The predicted molar refractivity (Wildman–Crippen MR) is 96.8 cm³/mol. The van der Waals surface area contributed by atoms with Crippen molar-refractivity contribution in [2.24, 2.45) is 11.0 Å².